The first-order valence-electron chi connectivity index (χ1n) is 6.27. The summed E-state index contributed by atoms with van der Waals surface area (Å²) in [6.07, 6.45) is 8.52. The summed E-state index contributed by atoms with van der Waals surface area (Å²) < 4.78 is 0. The number of rotatable bonds is 4. The maximum absolute atomic E-state index is 5.80. The zero-order valence-electron chi connectivity index (χ0n) is 9.41. The highest BCUT2D eigenvalue weighted by molar-refractivity contribution is 4.85. The quantitative estimate of drug-likeness (QED) is 0.745. The van der Waals surface area contributed by atoms with E-state index in [1.165, 1.54) is 45.1 Å². The van der Waals surface area contributed by atoms with Gasteiger partial charge in [0, 0.05) is 18.6 Å². The van der Waals surface area contributed by atoms with Crippen LogP contribution in [-0.4, -0.2) is 30.1 Å². The van der Waals surface area contributed by atoms with E-state index in [0.29, 0.717) is 6.04 Å². The average molecular weight is 196 g/mol. The maximum atomic E-state index is 5.80. The van der Waals surface area contributed by atoms with Crippen LogP contribution in [0.15, 0.2) is 0 Å². The van der Waals surface area contributed by atoms with E-state index in [-0.39, 0.29) is 0 Å². The molecule has 0 amide bonds. The molecule has 82 valence electrons. The molecule has 1 heterocycles. The van der Waals surface area contributed by atoms with Gasteiger partial charge in [0.2, 0.25) is 0 Å². The highest BCUT2D eigenvalue weighted by Crippen LogP contribution is 2.33. The Bertz CT molecular complexity index is 177. The van der Waals surface area contributed by atoms with Gasteiger partial charge in [-0.3, -0.25) is 4.90 Å². The SMILES string of the molecule is CC(CC1CCC1)N1CCCC1CN. The zero-order valence-corrected chi connectivity index (χ0v) is 9.41. The Labute approximate surface area is 87.8 Å². The van der Waals surface area contributed by atoms with Gasteiger partial charge in [0.25, 0.3) is 0 Å². The molecule has 2 rings (SSSR count). The van der Waals surface area contributed by atoms with Gasteiger partial charge in [-0.2, -0.15) is 0 Å². The van der Waals surface area contributed by atoms with Gasteiger partial charge in [-0.05, 0) is 38.6 Å². The number of hydrogen-bond donors (Lipinski definition) is 1. The molecule has 2 heteroatoms. The average Bonchev–Trinajstić information content (AvgIpc) is 2.58. The molecule has 2 unspecified atom stereocenters. The van der Waals surface area contributed by atoms with Gasteiger partial charge >= 0.3 is 0 Å². The third-order valence-corrected chi connectivity index (χ3v) is 4.16. The first kappa shape index (κ1) is 10.4. The Balaban J connectivity index is 1.79. The van der Waals surface area contributed by atoms with Crippen LogP contribution < -0.4 is 5.73 Å². The largest absolute Gasteiger partial charge is 0.329 e. The topological polar surface area (TPSA) is 29.3 Å². The number of nitrogens with two attached hydrogens (primary N) is 1. The molecule has 0 aromatic carbocycles. The van der Waals surface area contributed by atoms with Crippen LogP contribution in [-0.2, 0) is 0 Å². The molecule has 2 nitrogen and oxygen atoms in total. The molecule has 2 atom stereocenters. The minimum absolute atomic E-state index is 0.685. The lowest BCUT2D eigenvalue weighted by Crippen LogP contribution is -2.42. The van der Waals surface area contributed by atoms with Gasteiger partial charge in [-0.1, -0.05) is 19.3 Å². The van der Waals surface area contributed by atoms with Crippen LogP contribution >= 0.6 is 0 Å². The van der Waals surface area contributed by atoms with Gasteiger partial charge in [0.05, 0.1) is 0 Å². The maximum Gasteiger partial charge on any atom is 0.0221 e. The minimum atomic E-state index is 0.685. The summed E-state index contributed by atoms with van der Waals surface area (Å²) in [5.74, 6) is 1.03. The van der Waals surface area contributed by atoms with Crippen molar-refractivity contribution in [1.82, 2.24) is 4.90 Å². The molecule has 14 heavy (non-hydrogen) atoms. The number of hydrogen-bond acceptors (Lipinski definition) is 2. The van der Waals surface area contributed by atoms with Crippen molar-refractivity contribution < 1.29 is 0 Å². The van der Waals surface area contributed by atoms with Crippen molar-refractivity contribution in [3.8, 4) is 0 Å². The van der Waals surface area contributed by atoms with E-state index in [1.54, 1.807) is 0 Å². The second-order valence-electron chi connectivity index (χ2n) is 5.15. The molecular formula is C12H24N2. The van der Waals surface area contributed by atoms with Crippen molar-refractivity contribution in [3.05, 3.63) is 0 Å². The first-order chi connectivity index (χ1) is 6.81. The van der Waals surface area contributed by atoms with Crippen LogP contribution in [0.2, 0.25) is 0 Å². The molecule has 0 bridgehead atoms. The second-order valence-corrected chi connectivity index (χ2v) is 5.15. The van der Waals surface area contributed by atoms with E-state index in [9.17, 15) is 0 Å². The molecule has 1 aliphatic heterocycles. The molecule has 2 N–H and O–H groups in total. The Hall–Kier alpha value is -0.0800. The third kappa shape index (κ3) is 2.12. The molecule has 1 saturated heterocycles. The monoisotopic (exact) mass is 196 g/mol. The summed E-state index contributed by atoms with van der Waals surface area (Å²) >= 11 is 0. The molecule has 0 aromatic heterocycles. The van der Waals surface area contributed by atoms with Crippen LogP contribution in [0.3, 0.4) is 0 Å². The lowest BCUT2D eigenvalue weighted by molar-refractivity contribution is 0.145. The highest BCUT2D eigenvalue weighted by Gasteiger charge is 2.29. The smallest absolute Gasteiger partial charge is 0.0221 e. The summed E-state index contributed by atoms with van der Waals surface area (Å²) in [5.41, 5.74) is 5.80. The number of likely N-dealkylation sites (tertiary alicyclic amines) is 1. The third-order valence-electron chi connectivity index (χ3n) is 4.16. The minimum Gasteiger partial charge on any atom is -0.329 e. The van der Waals surface area contributed by atoms with Crippen LogP contribution in [0.25, 0.3) is 0 Å². The van der Waals surface area contributed by atoms with Crippen molar-refractivity contribution in [1.29, 1.82) is 0 Å². The van der Waals surface area contributed by atoms with Crippen molar-refractivity contribution >= 4 is 0 Å². The van der Waals surface area contributed by atoms with Crippen molar-refractivity contribution in [2.75, 3.05) is 13.1 Å². The van der Waals surface area contributed by atoms with E-state index in [1.807, 2.05) is 0 Å². The Kier molecular flexibility index (Phi) is 3.45. The van der Waals surface area contributed by atoms with Crippen LogP contribution in [0.4, 0.5) is 0 Å². The van der Waals surface area contributed by atoms with E-state index >= 15 is 0 Å². The van der Waals surface area contributed by atoms with E-state index in [4.69, 9.17) is 5.73 Å². The highest BCUT2D eigenvalue weighted by atomic mass is 15.2. The molecule has 2 aliphatic rings. The lowest BCUT2D eigenvalue weighted by atomic mass is 9.81. The molecule has 0 aromatic rings. The molecule has 1 saturated carbocycles. The lowest BCUT2D eigenvalue weighted by Gasteiger charge is -2.35. The van der Waals surface area contributed by atoms with E-state index in [0.717, 1.165) is 18.5 Å². The molecular weight excluding hydrogens is 172 g/mol. The molecule has 0 spiro atoms. The second kappa shape index (κ2) is 4.63. The van der Waals surface area contributed by atoms with Gasteiger partial charge in [0.1, 0.15) is 0 Å². The van der Waals surface area contributed by atoms with Crippen LogP contribution in [0.5, 0.6) is 0 Å². The summed E-state index contributed by atoms with van der Waals surface area (Å²) in [5, 5.41) is 0. The fraction of sp³-hybridized carbons (Fsp3) is 1.00. The summed E-state index contributed by atoms with van der Waals surface area (Å²) in [6.45, 7) is 4.54. The van der Waals surface area contributed by atoms with Crippen LogP contribution in [0, 0.1) is 5.92 Å². The Morgan fingerprint density at radius 2 is 2.07 bits per heavy atom. The van der Waals surface area contributed by atoms with Gasteiger partial charge in [-0.25, -0.2) is 0 Å². The van der Waals surface area contributed by atoms with Crippen LogP contribution in [0.1, 0.15) is 45.4 Å². The summed E-state index contributed by atoms with van der Waals surface area (Å²) in [7, 11) is 0. The van der Waals surface area contributed by atoms with Crippen molar-refractivity contribution in [2.24, 2.45) is 11.7 Å². The zero-order chi connectivity index (χ0) is 9.97. The van der Waals surface area contributed by atoms with Gasteiger partial charge in [0.15, 0.2) is 0 Å². The molecule has 2 fully saturated rings. The van der Waals surface area contributed by atoms with Crippen molar-refractivity contribution in [3.63, 3.8) is 0 Å². The predicted octanol–water partition coefficient (Wildman–Crippen LogP) is 1.99. The Morgan fingerprint density at radius 3 is 2.64 bits per heavy atom. The predicted molar refractivity (Wildman–Crippen MR) is 60.2 cm³/mol. The normalized spacial score (nSPS) is 31.7. The fourth-order valence-corrected chi connectivity index (χ4v) is 3.04. The molecule has 1 aliphatic carbocycles. The summed E-state index contributed by atoms with van der Waals surface area (Å²) in [4.78, 5) is 2.65. The number of nitrogens with zero attached hydrogens (tertiary/aromatic N) is 1. The van der Waals surface area contributed by atoms with E-state index in [2.05, 4.69) is 11.8 Å². The summed E-state index contributed by atoms with van der Waals surface area (Å²) in [6, 6.07) is 1.46. The first-order valence-corrected chi connectivity index (χ1v) is 6.27. The van der Waals surface area contributed by atoms with E-state index < -0.39 is 0 Å². The fourth-order valence-electron chi connectivity index (χ4n) is 3.04. The van der Waals surface area contributed by atoms with Gasteiger partial charge in [-0.15, -0.1) is 0 Å². The Morgan fingerprint density at radius 1 is 1.29 bits per heavy atom. The standard InChI is InChI=1S/C12H24N2/c1-10(8-11-4-2-5-11)14-7-3-6-12(14)9-13/h10-12H,2-9,13H2,1H3. The van der Waals surface area contributed by atoms with Crippen molar-refractivity contribution in [2.45, 2.75) is 57.5 Å². The van der Waals surface area contributed by atoms with Gasteiger partial charge < -0.3 is 5.73 Å². The molecule has 0 radical (unpaired) electrons.